The van der Waals surface area contributed by atoms with Gasteiger partial charge in [0.25, 0.3) is 0 Å². The van der Waals surface area contributed by atoms with Crippen molar-refractivity contribution in [1.82, 2.24) is 0 Å². The quantitative estimate of drug-likeness (QED) is 0.820. The molecule has 0 bridgehead atoms. The first-order chi connectivity index (χ1) is 8.30. The third-order valence-electron chi connectivity index (χ3n) is 3.02. The Labute approximate surface area is 115 Å². The Bertz CT molecular complexity index is 481. The summed E-state index contributed by atoms with van der Waals surface area (Å²) < 4.78 is 38.5. The van der Waals surface area contributed by atoms with Crippen molar-refractivity contribution in [1.29, 1.82) is 0 Å². The highest BCUT2D eigenvalue weighted by molar-refractivity contribution is 14.1. The molecule has 1 unspecified atom stereocenters. The van der Waals surface area contributed by atoms with Crippen LogP contribution in [0.25, 0.3) is 0 Å². The second-order valence-electron chi connectivity index (χ2n) is 4.39. The minimum Gasteiger partial charge on any atom is -0.481 e. The van der Waals surface area contributed by atoms with E-state index in [0.29, 0.717) is 3.57 Å². The van der Waals surface area contributed by atoms with Gasteiger partial charge in [-0.3, -0.25) is 4.79 Å². The maximum absolute atomic E-state index is 12.6. The van der Waals surface area contributed by atoms with Crippen LogP contribution >= 0.6 is 22.6 Å². The van der Waals surface area contributed by atoms with Gasteiger partial charge in [0.2, 0.25) is 0 Å². The summed E-state index contributed by atoms with van der Waals surface area (Å²) in [5.74, 6) is -1.89. The molecule has 0 aromatic heterocycles. The fraction of sp³-hybridized carbons (Fsp3) is 0.417. The van der Waals surface area contributed by atoms with E-state index in [1.807, 2.05) is 22.6 Å². The molecular formula is C12H10F3IO2. The number of hydrogen-bond donors (Lipinski definition) is 1. The highest BCUT2D eigenvalue weighted by Crippen LogP contribution is 2.45. The zero-order valence-electron chi connectivity index (χ0n) is 9.17. The first-order valence-electron chi connectivity index (χ1n) is 5.40. The van der Waals surface area contributed by atoms with Gasteiger partial charge in [-0.1, -0.05) is 0 Å². The Balaban J connectivity index is 2.45. The summed E-state index contributed by atoms with van der Waals surface area (Å²) in [5, 5.41) is 9.17. The van der Waals surface area contributed by atoms with Crippen molar-refractivity contribution >= 4 is 28.6 Å². The number of halogens is 4. The number of carbonyl (C=O) groups is 1. The van der Waals surface area contributed by atoms with Crippen LogP contribution in [0, 0.1) is 9.49 Å². The number of benzene rings is 1. The molecule has 1 saturated carbocycles. The molecule has 0 heterocycles. The fourth-order valence-electron chi connectivity index (χ4n) is 1.98. The molecule has 1 atom stereocenters. The number of carboxylic acid groups (broad SMARTS) is 1. The van der Waals surface area contributed by atoms with Gasteiger partial charge < -0.3 is 5.11 Å². The van der Waals surface area contributed by atoms with E-state index in [0.717, 1.165) is 25.0 Å². The van der Waals surface area contributed by atoms with E-state index < -0.39 is 23.6 Å². The monoisotopic (exact) mass is 370 g/mol. The molecule has 0 spiro atoms. The van der Waals surface area contributed by atoms with Gasteiger partial charge in [0, 0.05) is 3.57 Å². The topological polar surface area (TPSA) is 37.3 Å². The van der Waals surface area contributed by atoms with Gasteiger partial charge in [-0.2, -0.15) is 13.2 Å². The van der Waals surface area contributed by atoms with Gasteiger partial charge in [0.15, 0.2) is 0 Å². The van der Waals surface area contributed by atoms with Crippen LogP contribution in [-0.2, 0) is 11.0 Å². The molecule has 1 aromatic carbocycles. The molecule has 1 fully saturated rings. The smallest absolute Gasteiger partial charge is 0.416 e. The number of aliphatic carboxylic acids is 1. The van der Waals surface area contributed by atoms with Gasteiger partial charge in [-0.15, -0.1) is 0 Å². The SMILES string of the molecule is O=C(O)C(c1cc(C(F)(F)F)ccc1I)C1CC1. The molecule has 0 aliphatic heterocycles. The average molecular weight is 370 g/mol. The molecule has 0 saturated heterocycles. The van der Waals surface area contributed by atoms with Crippen molar-refractivity contribution in [3.8, 4) is 0 Å². The summed E-state index contributed by atoms with van der Waals surface area (Å²) in [4.78, 5) is 11.2. The highest BCUT2D eigenvalue weighted by Gasteiger charge is 2.40. The molecular weight excluding hydrogens is 360 g/mol. The van der Waals surface area contributed by atoms with E-state index in [-0.39, 0.29) is 11.5 Å². The Morgan fingerprint density at radius 2 is 2.00 bits per heavy atom. The van der Waals surface area contributed by atoms with Crippen molar-refractivity contribution < 1.29 is 23.1 Å². The van der Waals surface area contributed by atoms with Crippen molar-refractivity contribution in [3.05, 3.63) is 32.9 Å². The normalized spacial score (nSPS) is 17.6. The third-order valence-corrected chi connectivity index (χ3v) is 4.00. The molecule has 0 radical (unpaired) electrons. The van der Waals surface area contributed by atoms with E-state index in [1.165, 1.54) is 6.07 Å². The van der Waals surface area contributed by atoms with Crippen LogP contribution < -0.4 is 0 Å². The molecule has 98 valence electrons. The number of alkyl halides is 3. The van der Waals surface area contributed by atoms with E-state index >= 15 is 0 Å². The van der Waals surface area contributed by atoms with Crippen molar-refractivity contribution in [2.75, 3.05) is 0 Å². The number of hydrogen-bond acceptors (Lipinski definition) is 1. The third kappa shape index (κ3) is 2.78. The lowest BCUT2D eigenvalue weighted by atomic mass is 9.93. The average Bonchev–Trinajstić information content (AvgIpc) is 3.03. The van der Waals surface area contributed by atoms with Crippen LogP contribution in [0.4, 0.5) is 13.2 Å². The Kier molecular flexibility index (Phi) is 3.57. The maximum Gasteiger partial charge on any atom is 0.416 e. The second kappa shape index (κ2) is 4.71. The lowest BCUT2D eigenvalue weighted by Gasteiger charge is -2.16. The molecule has 1 aliphatic carbocycles. The lowest BCUT2D eigenvalue weighted by molar-refractivity contribution is -0.140. The molecule has 1 aliphatic rings. The predicted molar refractivity (Wildman–Crippen MR) is 67.3 cm³/mol. The maximum atomic E-state index is 12.6. The molecule has 1 N–H and O–H groups in total. The first kappa shape index (κ1) is 13.6. The lowest BCUT2D eigenvalue weighted by Crippen LogP contribution is -2.16. The Morgan fingerprint density at radius 3 is 2.44 bits per heavy atom. The van der Waals surface area contributed by atoms with Crippen LogP contribution in [-0.4, -0.2) is 11.1 Å². The van der Waals surface area contributed by atoms with Gasteiger partial charge >= 0.3 is 12.1 Å². The zero-order valence-corrected chi connectivity index (χ0v) is 11.3. The number of carboxylic acids is 1. The van der Waals surface area contributed by atoms with E-state index in [9.17, 15) is 23.1 Å². The van der Waals surface area contributed by atoms with E-state index in [2.05, 4.69) is 0 Å². The van der Waals surface area contributed by atoms with E-state index in [4.69, 9.17) is 0 Å². The molecule has 0 amide bonds. The van der Waals surface area contributed by atoms with Crippen molar-refractivity contribution in [2.45, 2.75) is 24.9 Å². The van der Waals surface area contributed by atoms with Gasteiger partial charge in [0.05, 0.1) is 11.5 Å². The van der Waals surface area contributed by atoms with Crippen LogP contribution in [0.2, 0.25) is 0 Å². The van der Waals surface area contributed by atoms with Gasteiger partial charge in [0.1, 0.15) is 0 Å². The van der Waals surface area contributed by atoms with Gasteiger partial charge in [-0.25, -0.2) is 0 Å². The summed E-state index contributed by atoms with van der Waals surface area (Å²) in [6.45, 7) is 0. The standard InChI is InChI=1S/C12H10F3IO2/c13-12(14,15)7-3-4-9(16)8(5-7)10(11(17)18)6-1-2-6/h3-6,10H,1-2H2,(H,17,18). The highest BCUT2D eigenvalue weighted by atomic mass is 127. The summed E-state index contributed by atoms with van der Waals surface area (Å²) in [6.07, 6.45) is -2.90. The molecule has 6 heteroatoms. The zero-order chi connectivity index (χ0) is 13.5. The van der Waals surface area contributed by atoms with Crippen LogP contribution in [0.1, 0.15) is 29.9 Å². The van der Waals surface area contributed by atoms with Crippen LogP contribution in [0.15, 0.2) is 18.2 Å². The molecule has 1 aromatic rings. The van der Waals surface area contributed by atoms with Crippen LogP contribution in [0.3, 0.4) is 0 Å². The minimum absolute atomic E-state index is 0.0282. The predicted octanol–water partition coefficient (Wildman–Crippen LogP) is 3.89. The second-order valence-corrected chi connectivity index (χ2v) is 5.55. The summed E-state index contributed by atoms with van der Waals surface area (Å²) in [6, 6.07) is 3.28. The van der Waals surface area contributed by atoms with E-state index in [1.54, 1.807) is 0 Å². The molecule has 2 nitrogen and oxygen atoms in total. The molecule has 2 rings (SSSR count). The van der Waals surface area contributed by atoms with Crippen LogP contribution in [0.5, 0.6) is 0 Å². The summed E-state index contributed by atoms with van der Waals surface area (Å²) in [5.41, 5.74) is -0.509. The fourth-order valence-corrected chi connectivity index (χ4v) is 2.65. The molecule has 18 heavy (non-hydrogen) atoms. The van der Waals surface area contributed by atoms with Gasteiger partial charge in [-0.05, 0) is 65.1 Å². The van der Waals surface area contributed by atoms with Crippen molar-refractivity contribution in [2.24, 2.45) is 5.92 Å². The summed E-state index contributed by atoms with van der Waals surface area (Å²) >= 11 is 1.88. The summed E-state index contributed by atoms with van der Waals surface area (Å²) in [7, 11) is 0. The van der Waals surface area contributed by atoms with Crippen molar-refractivity contribution in [3.63, 3.8) is 0 Å². The largest absolute Gasteiger partial charge is 0.481 e. The first-order valence-corrected chi connectivity index (χ1v) is 6.48. The number of rotatable bonds is 3. The minimum atomic E-state index is -4.44. The Hall–Kier alpha value is -0.790. The Morgan fingerprint density at radius 1 is 1.39 bits per heavy atom.